The first-order valence-corrected chi connectivity index (χ1v) is 7.73. The van der Waals surface area contributed by atoms with Gasteiger partial charge in [-0.05, 0) is 75.2 Å². The fourth-order valence-electron chi connectivity index (χ4n) is 2.80. The molecule has 1 heteroatoms. The second kappa shape index (κ2) is 7.69. The Bertz CT molecular complexity index is 370. The van der Waals surface area contributed by atoms with Gasteiger partial charge in [0.05, 0.1) is 0 Å². The molecule has 1 atom stereocenters. The smallest absolute Gasteiger partial charge is 0.00149 e. The minimum Gasteiger partial charge on any atom is -0.316 e. The van der Waals surface area contributed by atoms with Crippen molar-refractivity contribution in [1.29, 1.82) is 0 Å². The maximum absolute atomic E-state index is 3.59. The van der Waals surface area contributed by atoms with Crippen molar-refractivity contribution >= 4 is 0 Å². The SMILES string of the molecule is CCCNCC(Cc1c(C)cc(C)cc1C)C(C)C. The van der Waals surface area contributed by atoms with Crippen LogP contribution in [0.5, 0.6) is 0 Å². The van der Waals surface area contributed by atoms with Crippen LogP contribution in [-0.2, 0) is 6.42 Å². The highest BCUT2D eigenvalue weighted by molar-refractivity contribution is 5.37. The Labute approximate surface area is 119 Å². The molecule has 0 saturated heterocycles. The fourth-order valence-corrected chi connectivity index (χ4v) is 2.80. The number of rotatable bonds is 7. The normalized spacial score (nSPS) is 13.0. The first kappa shape index (κ1) is 16.2. The molecule has 0 radical (unpaired) electrons. The third-order valence-electron chi connectivity index (χ3n) is 4.08. The van der Waals surface area contributed by atoms with Crippen LogP contribution in [-0.4, -0.2) is 13.1 Å². The molecule has 0 aliphatic carbocycles. The lowest BCUT2D eigenvalue weighted by molar-refractivity contribution is 0.360. The molecule has 1 rings (SSSR count). The van der Waals surface area contributed by atoms with Crippen molar-refractivity contribution in [2.45, 2.75) is 54.4 Å². The molecular formula is C18H31N. The fraction of sp³-hybridized carbons (Fsp3) is 0.667. The molecule has 0 spiro atoms. The summed E-state index contributed by atoms with van der Waals surface area (Å²) in [5, 5.41) is 3.59. The molecule has 0 heterocycles. The molecule has 0 amide bonds. The summed E-state index contributed by atoms with van der Waals surface area (Å²) in [6.07, 6.45) is 2.42. The van der Waals surface area contributed by atoms with E-state index in [1.54, 1.807) is 5.56 Å². The molecule has 1 aromatic carbocycles. The lowest BCUT2D eigenvalue weighted by atomic mass is 9.85. The van der Waals surface area contributed by atoms with Gasteiger partial charge in [-0.1, -0.05) is 38.5 Å². The van der Waals surface area contributed by atoms with Crippen LogP contribution in [0.25, 0.3) is 0 Å². The van der Waals surface area contributed by atoms with Gasteiger partial charge in [-0.15, -0.1) is 0 Å². The van der Waals surface area contributed by atoms with Gasteiger partial charge in [0.15, 0.2) is 0 Å². The maximum atomic E-state index is 3.59. The summed E-state index contributed by atoms with van der Waals surface area (Å²) in [4.78, 5) is 0. The van der Waals surface area contributed by atoms with E-state index in [-0.39, 0.29) is 0 Å². The minimum atomic E-state index is 0.726. The molecular weight excluding hydrogens is 230 g/mol. The van der Waals surface area contributed by atoms with Gasteiger partial charge in [0, 0.05) is 0 Å². The average Bonchev–Trinajstić information content (AvgIpc) is 2.30. The summed E-state index contributed by atoms with van der Waals surface area (Å²) in [6, 6.07) is 4.64. The molecule has 0 saturated carbocycles. The Morgan fingerprint density at radius 2 is 1.63 bits per heavy atom. The predicted octanol–water partition coefficient (Wildman–Crippen LogP) is 4.43. The number of nitrogens with one attached hydrogen (secondary N) is 1. The Hall–Kier alpha value is -0.820. The highest BCUT2D eigenvalue weighted by Crippen LogP contribution is 2.23. The molecule has 19 heavy (non-hydrogen) atoms. The second-order valence-corrected chi connectivity index (χ2v) is 6.29. The zero-order valence-electron chi connectivity index (χ0n) is 13.6. The van der Waals surface area contributed by atoms with Crippen molar-refractivity contribution in [1.82, 2.24) is 5.32 Å². The molecule has 1 nitrogen and oxygen atoms in total. The average molecular weight is 261 g/mol. The molecule has 1 aromatic rings. The first-order valence-electron chi connectivity index (χ1n) is 7.73. The Balaban J connectivity index is 2.79. The number of aryl methyl sites for hydroxylation is 3. The molecule has 1 N–H and O–H groups in total. The van der Waals surface area contributed by atoms with Crippen molar-refractivity contribution in [3.05, 3.63) is 34.4 Å². The van der Waals surface area contributed by atoms with Crippen LogP contribution in [0.3, 0.4) is 0 Å². The molecule has 0 fully saturated rings. The van der Waals surface area contributed by atoms with Gasteiger partial charge in [0.1, 0.15) is 0 Å². The monoisotopic (exact) mass is 261 g/mol. The van der Waals surface area contributed by atoms with Gasteiger partial charge in [0.25, 0.3) is 0 Å². The summed E-state index contributed by atoms with van der Waals surface area (Å²) < 4.78 is 0. The van der Waals surface area contributed by atoms with Crippen molar-refractivity contribution in [2.24, 2.45) is 11.8 Å². The van der Waals surface area contributed by atoms with Crippen LogP contribution in [0.2, 0.25) is 0 Å². The van der Waals surface area contributed by atoms with Gasteiger partial charge in [-0.3, -0.25) is 0 Å². The topological polar surface area (TPSA) is 12.0 Å². The molecule has 1 unspecified atom stereocenters. The van der Waals surface area contributed by atoms with E-state index < -0.39 is 0 Å². The van der Waals surface area contributed by atoms with Gasteiger partial charge in [-0.25, -0.2) is 0 Å². The van der Waals surface area contributed by atoms with E-state index in [0.29, 0.717) is 0 Å². The first-order chi connectivity index (χ1) is 8.95. The van der Waals surface area contributed by atoms with Crippen LogP contribution in [0, 0.1) is 32.6 Å². The quantitative estimate of drug-likeness (QED) is 0.716. The van der Waals surface area contributed by atoms with Gasteiger partial charge in [-0.2, -0.15) is 0 Å². The second-order valence-electron chi connectivity index (χ2n) is 6.29. The van der Waals surface area contributed by atoms with E-state index in [9.17, 15) is 0 Å². The zero-order chi connectivity index (χ0) is 14.4. The van der Waals surface area contributed by atoms with Crippen molar-refractivity contribution < 1.29 is 0 Å². The molecule has 0 aliphatic heterocycles. The van der Waals surface area contributed by atoms with Gasteiger partial charge < -0.3 is 5.32 Å². The van der Waals surface area contributed by atoms with E-state index in [1.807, 2.05) is 0 Å². The van der Waals surface area contributed by atoms with Crippen molar-refractivity contribution in [2.75, 3.05) is 13.1 Å². The highest BCUT2D eigenvalue weighted by atomic mass is 14.9. The number of hydrogen-bond acceptors (Lipinski definition) is 1. The summed E-state index contributed by atoms with van der Waals surface area (Å²) in [5.41, 5.74) is 5.85. The lowest BCUT2D eigenvalue weighted by Gasteiger charge is -2.23. The van der Waals surface area contributed by atoms with E-state index in [4.69, 9.17) is 0 Å². The largest absolute Gasteiger partial charge is 0.316 e. The summed E-state index contributed by atoms with van der Waals surface area (Å²) in [6.45, 7) is 15.9. The molecule has 0 aliphatic rings. The highest BCUT2D eigenvalue weighted by Gasteiger charge is 2.16. The third-order valence-corrected chi connectivity index (χ3v) is 4.08. The van der Waals surface area contributed by atoms with E-state index >= 15 is 0 Å². The predicted molar refractivity (Wildman–Crippen MR) is 85.8 cm³/mol. The van der Waals surface area contributed by atoms with Crippen LogP contribution in [0.4, 0.5) is 0 Å². The molecule has 0 aromatic heterocycles. The van der Waals surface area contributed by atoms with Gasteiger partial charge >= 0.3 is 0 Å². The van der Waals surface area contributed by atoms with Gasteiger partial charge in [0.2, 0.25) is 0 Å². The Kier molecular flexibility index (Phi) is 6.57. The third kappa shape index (κ3) is 4.99. The van der Waals surface area contributed by atoms with Crippen LogP contribution < -0.4 is 5.32 Å². The standard InChI is InChI=1S/C18H31N/c1-7-8-19-12-17(13(2)3)11-18-15(5)9-14(4)10-16(18)6/h9-10,13,17,19H,7-8,11-12H2,1-6H3. The van der Waals surface area contributed by atoms with E-state index in [1.165, 1.54) is 29.5 Å². The van der Waals surface area contributed by atoms with Crippen LogP contribution in [0.1, 0.15) is 49.4 Å². The minimum absolute atomic E-state index is 0.726. The zero-order valence-corrected chi connectivity index (χ0v) is 13.6. The van der Waals surface area contributed by atoms with Crippen LogP contribution in [0.15, 0.2) is 12.1 Å². The van der Waals surface area contributed by atoms with Crippen molar-refractivity contribution in [3.63, 3.8) is 0 Å². The Morgan fingerprint density at radius 1 is 1.05 bits per heavy atom. The molecule has 108 valence electrons. The van der Waals surface area contributed by atoms with E-state index in [2.05, 4.69) is 59.0 Å². The Morgan fingerprint density at radius 3 is 2.11 bits per heavy atom. The van der Waals surface area contributed by atoms with Crippen LogP contribution >= 0.6 is 0 Å². The maximum Gasteiger partial charge on any atom is -0.00149 e. The number of hydrogen-bond donors (Lipinski definition) is 1. The molecule has 0 bridgehead atoms. The lowest BCUT2D eigenvalue weighted by Crippen LogP contribution is -2.28. The van der Waals surface area contributed by atoms with E-state index in [0.717, 1.165) is 24.9 Å². The summed E-state index contributed by atoms with van der Waals surface area (Å²) in [7, 11) is 0. The number of benzene rings is 1. The summed E-state index contributed by atoms with van der Waals surface area (Å²) in [5.74, 6) is 1.45. The van der Waals surface area contributed by atoms with Crippen molar-refractivity contribution in [3.8, 4) is 0 Å². The summed E-state index contributed by atoms with van der Waals surface area (Å²) >= 11 is 0.